The first-order chi connectivity index (χ1) is 10.7. The van der Waals surface area contributed by atoms with Crippen molar-refractivity contribution in [2.75, 3.05) is 0 Å². The number of carboxylic acids is 1. The summed E-state index contributed by atoms with van der Waals surface area (Å²) in [4.78, 5) is 23.5. The standard InChI is InChI=1S/C18H13NO3/c20-15(21)11-14-18(22)16(12-7-3-1-4-8-12)17(19-14)13-9-5-2-6-10-13/h1-11,19H,(H,20,21). The summed E-state index contributed by atoms with van der Waals surface area (Å²) in [6.07, 6.45) is 0.904. The molecule has 1 heterocycles. The van der Waals surface area contributed by atoms with E-state index in [0.717, 1.165) is 17.2 Å². The van der Waals surface area contributed by atoms with Crippen LogP contribution >= 0.6 is 0 Å². The quantitative estimate of drug-likeness (QED) is 0.853. The van der Waals surface area contributed by atoms with Gasteiger partial charge < -0.3 is 10.4 Å². The average Bonchev–Trinajstić information content (AvgIpc) is 2.85. The third-order valence-electron chi connectivity index (χ3n) is 3.37. The summed E-state index contributed by atoms with van der Waals surface area (Å²) in [5, 5.41) is 11.9. The summed E-state index contributed by atoms with van der Waals surface area (Å²) in [6.45, 7) is 0. The Morgan fingerprint density at radius 1 is 0.909 bits per heavy atom. The van der Waals surface area contributed by atoms with E-state index >= 15 is 0 Å². The molecule has 0 saturated carbocycles. The van der Waals surface area contributed by atoms with Crippen LogP contribution in [0.2, 0.25) is 0 Å². The Morgan fingerprint density at radius 3 is 2.00 bits per heavy atom. The predicted octanol–water partition coefficient (Wildman–Crippen LogP) is 2.70. The molecule has 22 heavy (non-hydrogen) atoms. The fourth-order valence-electron chi connectivity index (χ4n) is 2.43. The van der Waals surface area contributed by atoms with Crippen LogP contribution in [0.4, 0.5) is 0 Å². The van der Waals surface area contributed by atoms with Crippen LogP contribution in [0.3, 0.4) is 0 Å². The Kier molecular flexibility index (Phi) is 3.58. The highest BCUT2D eigenvalue weighted by Crippen LogP contribution is 2.32. The van der Waals surface area contributed by atoms with E-state index in [2.05, 4.69) is 5.32 Å². The van der Waals surface area contributed by atoms with Crippen LogP contribution in [0.1, 0.15) is 11.1 Å². The maximum absolute atomic E-state index is 12.6. The predicted molar refractivity (Wildman–Crippen MR) is 83.6 cm³/mol. The van der Waals surface area contributed by atoms with Crippen LogP contribution in [0, 0.1) is 0 Å². The van der Waals surface area contributed by atoms with E-state index < -0.39 is 5.97 Å². The van der Waals surface area contributed by atoms with Crippen molar-refractivity contribution in [1.29, 1.82) is 0 Å². The van der Waals surface area contributed by atoms with Crippen LogP contribution in [-0.4, -0.2) is 16.9 Å². The zero-order valence-corrected chi connectivity index (χ0v) is 11.6. The molecular weight excluding hydrogens is 278 g/mol. The molecule has 2 N–H and O–H groups in total. The molecule has 2 aromatic carbocycles. The van der Waals surface area contributed by atoms with Crippen LogP contribution in [-0.2, 0) is 9.59 Å². The Hall–Kier alpha value is -3.14. The molecule has 0 bridgehead atoms. The van der Waals surface area contributed by atoms with E-state index in [1.54, 1.807) is 0 Å². The molecule has 0 amide bonds. The van der Waals surface area contributed by atoms with Crippen LogP contribution in [0.25, 0.3) is 11.3 Å². The topological polar surface area (TPSA) is 66.4 Å². The van der Waals surface area contributed by atoms with Gasteiger partial charge in [0, 0.05) is 0 Å². The number of nitrogens with one attached hydrogen (secondary N) is 1. The molecule has 1 aliphatic rings. The van der Waals surface area contributed by atoms with Gasteiger partial charge in [0.1, 0.15) is 0 Å². The molecule has 0 radical (unpaired) electrons. The van der Waals surface area contributed by atoms with E-state index in [1.807, 2.05) is 60.7 Å². The number of benzene rings is 2. The molecule has 1 aliphatic heterocycles. The SMILES string of the molecule is O=C(O)C=C1NC(c2ccccc2)=C(c2ccccc2)C1=O. The van der Waals surface area contributed by atoms with Crippen LogP contribution in [0.15, 0.2) is 72.4 Å². The highest BCUT2D eigenvalue weighted by molar-refractivity contribution is 6.38. The second-order valence-electron chi connectivity index (χ2n) is 4.83. The fourth-order valence-corrected chi connectivity index (χ4v) is 2.43. The molecule has 0 saturated heterocycles. The number of ketones is 1. The van der Waals surface area contributed by atoms with Gasteiger partial charge in [-0.15, -0.1) is 0 Å². The Morgan fingerprint density at radius 2 is 1.45 bits per heavy atom. The third-order valence-corrected chi connectivity index (χ3v) is 3.37. The number of Topliss-reactive ketones (excluding diaryl/α,β-unsaturated/α-hetero) is 1. The van der Waals surface area contributed by atoms with E-state index in [1.165, 1.54) is 0 Å². The lowest BCUT2D eigenvalue weighted by Gasteiger charge is -2.06. The van der Waals surface area contributed by atoms with Crippen molar-refractivity contribution in [3.8, 4) is 0 Å². The highest BCUT2D eigenvalue weighted by Gasteiger charge is 2.30. The van der Waals surface area contributed by atoms with Crippen molar-refractivity contribution in [2.24, 2.45) is 0 Å². The van der Waals surface area contributed by atoms with Gasteiger partial charge in [0.15, 0.2) is 0 Å². The van der Waals surface area contributed by atoms with Crippen molar-refractivity contribution in [1.82, 2.24) is 5.32 Å². The summed E-state index contributed by atoms with van der Waals surface area (Å²) in [7, 11) is 0. The van der Waals surface area contributed by atoms with Crippen LogP contribution < -0.4 is 5.32 Å². The summed E-state index contributed by atoms with van der Waals surface area (Å²) >= 11 is 0. The Balaban J connectivity index is 2.17. The lowest BCUT2D eigenvalue weighted by molar-refractivity contribution is -0.131. The van der Waals surface area contributed by atoms with Gasteiger partial charge in [-0.05, 0) is 11.1 Å². The summed E-state index contributed by atoms with van der Waals surface area (Å²) in [5.74, 6) is -1.47. The van der Waals surface area contributed by atoms with E-state index in [-0.39, 0.29) is 11.5 Å². The number of hydrogen-bond acceptors (Lipinski definition) is 3. The normalized spacial score (nSPS) is 16.0. The van der Waals surface area contributed by atoms with Gasteiger partial charge in [0.25, 0.3) is 0 Å². The largest absolute Gasteiger partial charge is 0.478 e. The zero-order chi connectivity index (χ0) is 15.5. The number of allylic oxidation sites excluding steroid dienone is 1. The minimum atomic E-state index is -1.16. The van der Waals surface area contributed by atoms with Gasteiger partial charge in [-0.25, -0.2) is 4.79 Å². The van der Waals surface area contributed by atoms with Crippen molar-refractivity contribution >= 4 is 23.0 Å². The summed E-state index contributed by atoms with van der Waals surface area (Å²) in [6, 6.07) is 18.6. The first-order valence-corrected chi connectivity index (χ1v) is 6.78. The average molecular weight is 291 g/mol. The molecule has 0 fully saturated rings. The van der Waals surface area contributed by atoms with Gasteiger partial charge >= 0.3 is 5.97 Å². The second kappa shape index (κ2) is 5.69. The van der Waals surface area contributed by atoms with Crippen molar-refractivity contribution in [3.05, 3.63) is 83.6 Å². The molecule has 0 unspecified atom stereocenters. The molecule has 108 valence electrons. The fraction of sp³-hybridized carbons (Fsp3) is 0. The second-order valence-corrected chi connectivity index (χ2v) is 4.83. The summed E-state index contributed by atoms with van der Waals surface area (Å²) < 4.78 is 0. The van der Waals surface area contributed by atoms with Crippen molar-refractivity contribution in [2.45, 2.75) is 0 Å². The van der Waals surface area contributed by atoms with E-state index in [9.17, 15) is 9.59 Å². The molecular formula is C18H13NO3. The first kappa shape index (κ1) is 13.8. The molecule has 0 spiro atoms. The Labute approximate surface area is 127 Å². The molecule has 2 aromatic rings. The Bertz CT molecular complexity index is 790. The van der Waals surface area contributed by atoms with Gasteiger partial charge in [0.05, 0.1) is 23.0 Å². The van der Waals surface area contributed by atoms with Crippen LogP contribution in [0.5, 0.6) is 0 Å². The number of hydrogen-bond donors (Lipinski definition) is 2. The molecule has 4 heteroatoms. The molecule has 0 atom stereocenters. The lowest BCUT2D eigenvalue weighted by Crippen LogP contribution is -2.11. The highest BCUT2D eigenvalue weighted by atomic mass is 16.4. The number of carboxylic acid groups (broad SMARTS) is 1. The minimum Gasteiger partial charge on any atom is -0.478 e. The smallest absolute Gasteiger partial charge is 0.330 e. The molecule has 4 nitrogen and oxygen atoms in total. The monoisotopic (exact) mass is 291 g/mol. The third kappa shape index (κ3) is 2.54. The van der Waals surface area contributed by atoms with Crippen molar-refractivity contribution in [3.63, 3.8) is 0 Å². The zero-order valence-electron chi connectivity index (χ0n) is 11.6. The van der Waals surface area contributed by atoms with Gasteiger partial charge in [0.2, 0.25) is 5.78 Å². The van der Waals surface area contributed by atoms with Gasteiger partial charge in [-0.3, -0.25) is 4.79 Å². The first-order valence-electron chi connectivity index (χ1n) is 6.78. The van der Waals surface area contributed by atoms with E-state index in [0.29, 0.717) is 11.3 Å². The van der Waals surface area contributed by atoms with Crippen molar-refractivity contribution < 1.29 is 14.7 Å². The molecule has 0 aliphatic carbocycles. The minimum absolute atomic E-state index is 0.0743. The number of carbonyl (C=O) groups is 2. The molecule has 0 aromatic heterocycles. The number of carbonyl (C=O) groups excluding carboxylic acids is 1. The maximum Gasteiger partial charge on any atom is 0.330 e. The van der Waals surface area contributed by atoms with E-state index in [4.69, 9.17) is 5.11 Å². The molecule has 3 rings (SSSR count). The summed E-state index contributed by atoms with van der Waals surface area (Å²) in [5.41, 5.74) is 2.78. The number of rotatable bonds is 3. The number of aliphatic carboxylic acids is 1. The lowest BCUT2D eigenvalue weighted by atomic mass is 9.98. The maximum atomic E-state index is 12.6. The van der Waals surface area contributed by atoms with Gasteiger partial charge in [-0.1, -0.05) is 60.7 Å². The van der Waals surface area contributed by atoms with Gasteiger partial charge in [-0.2, -0.15) is 0 Å².